The number of likely N-dealkylation sites (tertiary alicyclic amines) is 2. The maximum Gasteiger partial charge on any atom is 0.0232 e. The third kappa shape index (κ3) is 4.42. The van der Waals surface area contributed by atoms with E-state index in [1.165, 1.54) is 58.5 Å². The minimum Gasteiger partial charge on any atom is -0.306 e. The zero-order valence-corrected chi connectivity index (χ0v) is 13.3. The van der Waals surface area contributed by atoms with Crippen LogP contribution in [0.5, 0.6) is 0 Å². The third-order valence-electron chi connectivity index (χ3n) is 5.11. The molecule has 0 aliphatic carbocycles. The zero-order chi connectivity index (χ0) is 13.8. The van der Waals surface area contributed by atoms with Crippen LogP contribution in [0.15, 0.2) is 0 Å². The maximum absolute atomic E-state index is 2.59. The minimum atomic E-state index is 0.774. The molecule has 4 heteroatoms. The van der Waals surface area contributed by atoms with Gasteiger partial charge in [0.05, 0.1) is 0 Å². The Morgan fingerprint density at radius 1 is 0.789 bits per heavy atom. The molecule has 0 aromatic heterocycles. The first-order valence-corrected chi connectivity index (χ1v) is 7.84. The molecule has 1 atom stereocenters. The van der Waals surface area contributed by atoms with Crippen LogP contribution in [0.4, 0.5) is 0 Å². The normalized spacial score (nSPS) is 27.8. The Bertz CT molecular complexity index is 263. The number of hydrogen-bond acceptors (Lipinski definition) is 4. The Hall–Kier alpha value is -0.160. The Morgan fingerprint density at radius 2 is 1.26 bits per heavy atom. The standard InChI is InChI=1S/C15H32N4/c1-16-8-5-14(6-9-16)18(3)11-12-19(4)15-7-10-17(2)13-15/h14-15H,5-13H2,1-4H3. The van der Waals surface area contributed by atoms with Crippen LogP contribution in [-0.2, 0) is 0 Å². The van der Waals surface area contributed by atoms with Gasteiger partial charge in [0.1, 0.15) is 0 Å². The third-order valence-corrected chi connectivity index (χ3v) is 5.11. The van der Waals surface area contributed by atoms with E-state index in [0.717, 1.165) is 12.1 Å². The van der Waals surface area contributed by atoms with Crippen LogP contribution in [0.1, 0.15) is 19.3 Å². The van der Waals surface area contributed by atoms with Crippen molar-refractivity contribution < 1.29 is 0 Å². The molecule has 2 fully saturated rings. The number of nitrogens with zero attached hydrogens (tertiary/aromatic N) is 4. The van der Waals surface area contributed by atoms with E-state index in [2.05, 4.69) is 47.8 Å². The van der Waals surface area contributed by atoms with Crippen LogP contribution in [0.3, 0.4) is 0 Å². The van der Waals surface area contributed by atoms with Crippen molar-refractivity contribution in [2.75, 3.05) is 67.5 Å². The Morgan fingerprint density at radius 3 is 1.79 bits per heavy atom. The van der Waals surface area contributed by atoms with Gasteiger partial charge in [-0.1, -0.05) is 0 Å². The molecule has 2 aliphatic heterocycles. The smallest absolute Gasteiger partial charge is 0.0232 e. The lowest BCUT2D eigenvalue weighted by Gasteiger charge is -2.36. The fourth-order valence-electron chi connectivity index (χ4n) is 3.39. The number of hydrogen-bond donors (Lipinski definition) is 0. The predicted molar refractivity (Wildman–Crippen MR) is 81.7 cm³/mol. The highest BCUT2D eigenvalue weighted by atomic mass is 15.3. The number of likely N-dealkylation sites (N-methyl/N-ethyl adjacent to an activating group) is 3. The molecule has 2 rings (SSSR count). The van der Waals surface area contributed by atoms with Crippen molar-refractivity contribution in [3.8, 4) is 0 Å². The quantitative estimate of drug-likeness (QED) is 0.726. The molecule has 0 radical (unpaired) electrons. The first kappa shape index (κ1) is 15.2. The van der Waals surface area contributed by atoms with Crippen molar-refractivity contribution in [3.05, 3.63) is 0 Å². The van der Waals surface area contributed by atoms with Gasteiger partial charge in [-0.05, 0) is 67.1 Å². The molecule has 19 heavy (non-hydrogen) atoms. The Balaban J connectivity index is 1.66. The topological polar surface area (TPSA) is 13.0 Å². The van der Waals surface area contributed by atoms with Gasteiger partial charge in [0, 0.05) is 31.7 Å². The van der Waals surface area contributed by atoms with Gasteiger partial charge < -0.3 is 19.6 Å². The summed E-state index contributed by atoms with van der Waals surface area (Å²) in [5.41, 5.74) is 0. The molecule has 2 aliphatic rings. The average molecular weight is 268 g/mol. The van der Waals surface area contributed by atoms with Crippen LogP contribution in [0.2, 0.25) is 0 Å². The van der Waals surface area contributed by atoms with E-state index in [9.17, 15) is 0 Å². The summed E-state index contributed by atoms with van der Waals surface area (Å²) in [5.74, 6) is 0. The van der Waals surface area contributed by atoms with E-state index < -0.39 is 0 Å². The lowest BCUT2D eigenvalue weighted by Crippen LogP contribution is -2.45. The fraction of sp³-hybridized carbons (Fsp3) is 1.00. The van der Waals surface area contributed by atoms with E-state index >= 15 is 0 Å². The van der Waals surface area contributed by atoms with Gasteiger partial charge >= 0.3 is 0 Å². The van der Waals surface area contributed by atoms with Gasteiger partial charge in [0.2, 0.25) is 0 Å². The number of rotatable bonds is 5. The van der Waals surface area contributed by atoms with Crippen LogP contribution in [0, 0.1) is 0 Å². The highest BCUT2D eigenvalue weighted by molar-refractivity contribution is 4.82. The van der Waals surface area contributed by atoms with E-state index in [1.54, 1.807) is 0 Å². The average Bonchev–Trinajstić information content (AvgIpc) is 2.83. The molecule has 0 aromatic carbocycles. The van der Waals surface area contributed by atoms with Crippen LogP contribution in [-0.4, -0.2) is 99.1 Å². The molecule has 2 heterocycles. The predicted octanol–water partition coefficient (Wildman–Crippen LogP) is 0.648. The van der Waals surface area contributed by atoms with Crippen molar-refractivity contribution in [2.45, 2.75) is 31.3 Å². The van der Waals surface area contributed by atoms with Crippen LogP contribution in [0.25, 0.3) is 0 Å². The molecule has 1 unspecified atom stereocenters. The molecule has 0 bridgehead atoms. The molecule has 0 amide bonds. The lowest BCUT2D eigenvalue weighted by atomic mass is 10.0. The van der Waals surface area contributed by atoms with Gasteiger partial charge in [-0.3, -0.25) is 0 Å². The monoisotopic (exact) mass is 268 g/mol. The summed E-state index contributed by atoms with van der Waals surface area (Å²) in [5, 5.41) is 0. The van der Waals surface area contributed by atoms with Crippen LogP contribution < -0.4 is 0 Å². The van der Waals surface area contributed by atoms with Crippen molar-refractivity contribution >= 4 is 0 Å². The summed E-state index contributed by atoms with van der Waals surface area (Å²) in [6.45, 7) is 7.46. The Labute approximate surface area is 119 Å². The van der Waals surface area contributed by atoms with Crippen molar-refractivity contribution in [2.24, 2.45) is 0 Å². The van der Waals surface area contributed by atoms with Crippen molar-refractivity contribution in [1.82, 2.24) is 19.6 Å². The minimum absolute atomic E-state index is 0.774. The summed E-state index contributed by atoms with van der Waals surface area (Å²) in [7, 11) is 9.08. The van der Waals surface area contributed by atoms with Gasteiger partial charge in [-0.15, -0.1) is 0 Å². The molecule has 2 saturated heterocycles. The first-order valence-electron chi connectivity index (χ1n) is 7.84. The maximum atomic E-state index is 2.59. The van der Waals surface area contributed by atoms with Gasteiger partial charge in [-0.25, -0.2) is 0 Å². The highest BCUT2D eigenvalue weighted by Gasteiger charge is 2.24. The summed E-state index contributed by atoms with van der Waals surface area (Å²) in [4.78, 5) is 10.0. The Kier molecular flexibility index (Phi) is 5.63. The second-order valence-electron chi connectivity index (χ2n) is 6.70. The second kappa shape index (κ2) is 7.02. The van der Waals surface area contributed by atoms with E-state index in [4.69, 9.17) is 0 Å². The summed E-state index contributed by atoms with van der Waals surface area (Å²) < 4.78 is 0. The molecular weight excluding hydrogens is 236 g/mol. The van der Waals surface area contributed by atoms with Gasteiger partial charge in [-0.2, -0.15) is 0 Å². The molecule has 112 valence electrons. The zero-order valence-electron chi connectivity index (χ0n) is 13.3. The first-order chi connectivity index (χ1) is 9.06. The van der Waals surface area contributed by atoms with E-state index in [0.29, 0.717) is 0 Å². The fourth-order valence-corrected chi connectivity index (χ4v) is 3.39. The molecule has 4 nitrogen and oxygen atoms in total. The van der Waals surface area contributed by atoms with Crippen LogP contribution >= 0.6 is 0 Å². The summed E-state index contributed by atoms with van der Waals surface area (Å²) in [6, 6.07) is 1.58. The molecular formula is C15H32N4. The van der Waals surface area contributed by atoms with Crippen molar-refractivity contribution in [3.63, 3.8) is 0 Å². The largest absolute Gasteiger partial charge is 0.306 e. The van der Waals surface area contributed by atoms with Gasteiger partial charge in [0.15, 0.2) is 0 Å². The van der Waals surface area contributed by atoms with E-state index in [-0.39, 0.29) is 0 Å². The molecule has 0 N–H and O–H groups in total. The lowest BCUT2D eigenvalue weighted by molar-refractivity contribution is 0.126. The summed E-state index contributed by atoms with van der Waals surface area (Å²) >= 11 is 0. The molecule has 0 aromatic rings. The summed E-state index contributed by atoms with van der Waals surface area (Å²) in [6.07, 6.45) is 4.01. The van der Waals surface area contributed by atoms with E-state index in [1.807, 2.05) is 0 Å². The van der Waals surface area contributed by atoms with Crippen molar-refractivity contribution in [1.29, 1.82) is 0 Å². The van der Waals surface area contributed by atoms with Gasteiger partial charge in [0.25, 0.3) is 0 Å². The SMILES string of the molecule is CN1CCC(N(C)CCN(C)C2CCN(C)C2)CC1. The second-order valence-corrected chi connectivity index (χ2v) is 6.70. The highest BCUT2D eigenvalue weighted by Crippen LogP contribution is 2.15. The molecule has 0 spiro atoms. The number of piperidine rings is 1. The molecule has 0 saturated carbocycles.